The van der Waals surface area contributed by atoms with E-state index in [9.17, 15) is 0 Å². The Labute approximate surface area is 113 Å². The first-order chi connectivity index (χ1) is 9.17. The van der Waals surface area contributed by atoms with Gasteiger partial charge in [-0.05, 0) is 31.5 Å². The van der Waals surface area contributed by atoms with Gasteiger partial charge in [-0.3, -0.25) is 0 Å². The van der Waals surface area contributed by atoms with Crippen LogP contribution in [-0.4, -0.2) is 13.2 Å². The van der Waals surface area contributed by atoms with Crippen LogP contribution in [0.3, 0.4) is 0 Å². The number of nitrogen functional groups attached to an aromatic ring is 1. The van der Waals surface area contributed by atoms with Crippen molar-refractivity contribution < 1.29 is 9.15 Å². The van der Waals surface area contributed by atoms with E-state index in [0.29, 0.717) is 11.7 Å². The van der Waals surface area contributed by atoms with E-state index in [2.05, 4.69) is 12.2 Å². The van der Waals surface area contributed by atoms with Crippen LogP contribution >= 0.6 is 0 Å². The van der Waals surface area contributed by atoms with Gasteiger partial charge in [-0.1, -0.05) is 0 Å². The van der Waals surface area contributed by atoms with Gasteiger partial charge in [0.2, 0.25) is 0 Å². The molecule has 1 atom stereocenters. The molecule has 1 unspecified atom stereocenters. The summed E-state index contributed by atoms with van der Waals surface area (Å²) in [7, 11) is 1.64. The molecule has 0 radical (unpaired) electrons. The Morgan fingerprint density at radius 2 is 2.21 bits per heavy atom. The number of ether oxygens (including phenoxy) is 1. The van der Waals surface area contributed by atoms with Gasteiger partial charge in [0.15, 0.2) is 0 Å². The van der Waals surface area contributed by atoms with Crippen molar-refractivity contribution in [3.8, 4) is 5.75 Å². The SMILES string of the molecule is COc1cc(N)cc(NC(C)CCc2ccco2)c1. The monoisotopic (exact) mass is 260 g/mol. The Balaban J connectivity index is 1.91. The average Bonchev–Trinajstić information content (AvgIpc) is 2.88. The summed E-state index contributed by atoms with van der Waals surface area (Å²) >= 11 is 0. The summed E-state index contributed by atoms with van der Waals surface area (Å²) in [5, 5.41) is 3.42. The summed E-state index contributed by atoms with van der Waals surface area (Å²) < 4.78 is 10.5. The summed E-state index contributed by atoms with van der Waals surface area (Å²) in [6.07, 6.45) is 3.61. The van der Waals surface area contributed by atoms with Crippen LogP contribution in [-0.2, 0) is 6.42 Å². The van der Waals surface area contributed by atoms with Gasteiger partial charge in [0.05, 0.1) is 13.4 Å². The van der Waals surface area contributed by atoms with E-state index in [4.69, 9.17) is 14.9 Å². The Morgan fingerprint density at radius 1 is 1.37 bits per heavy atom. The lowest BCUT2D eigenvalue weighted by atomic mass is 10.1. The average molecular weight is 260 g/mol. The van der Waals surface area contributed by atoms with Gasteiger partial charge in [0, 0.05) is 36.0 Å². The molecule has 0 amide bonds. The molecule has 102 valence electrons. The highest BCUT2D eigenvalue weighted by Gasteiger charge is 2.06. The smallest absolute Gasteiger partial charge is 0.122 e. The van der Waals surface area contributed by atoms with Gasteiger partial charge in [0.1, 0.15) is 11.5 Å². The maximum absolute atomic E-state index is 5.83. The zero-order valence-electron chi connectivity index (χ0n) is 11.3. The van der Waals surface area contributed by atoms with Gasteiger partial charge in [-0.25, -0.2) is 0 Å². The van der Waals surface area contributed by atoms with Crippen LogP contribution in [0.5, 0.6) is 5.75 Å². The van der Waals surface area contributed by atoms with Gasteiger partial charge < -0.3 is 20.2 Å². The summed E-state index contributed by atoms with van der Waals surface area (Å²) in [4.78, 5) is 0. The molecule has 0 fully saturated rings. The van der Waals surface area contributed by atoms with Crippen LogP contribution < -0.4 is 15.8 Å². The van der Waals surface area contributed by atoms with Crippen LogP contribution in [0.2, 0.25) is 0 Å². The normalized spacial score (nSPS) is 12.1. The molecule has 2 rings (SSSR count). The number of rotatable bonds is 6. The first kappa shape index (κ1) is 13.3. The minimum Gasteiger partial charge on any atom is -0.497 e. The molecular weight excluding hydrogens is 240 g/mol. The van der Waals surface area contributed by atoms with Crippen LogP contribution in [0.25, 0.3) is 0 Å². The van der Waals surface area contributed by atoms with Crippen LogP contribution in [0.4, 0.5) is 11.4 Å². The molecule has 3 N–H and O–H groups in total. The van der Waals surface area contributed by atoms with Gasteiger partial charge in [-0.2, -0.15) is 0 Å². The van der Waals surface area contributed by atoms with Crippen LogP contribution in [0.15, 0.2) is 41.0 Å². The van der Waals surface area contributed by atoms with Crippen molar-refractivity contribution in [2.24, 2.45) is 0 Å². The second-order valence-electron chi connectivity index (χ2n) is 4.66. The number of benzene rings is 1. The third-order valence-corrected chi connectivity index (χ3v) is 2.98. The fourth-order valence-electron chi connectivity index (χ4n) is 1.99. The van der Waals surface area contributed by atoms with Gasteiger partial charge in [-0.15, -0.1) is 0 Å². The summed E-state index contributed by atoms with van der Waals surface area (Å²) in [6, 6.07) is 9.90. The Kier molecular flexibility index (Phi) is 4.34. The largest absolute Gasteiger partial charge is 0.497 e. The molecule has 4 nitrogen and oxygen atoms in total. The molecule has 0 saturated carbocycles. The summed E-state index contributed by atoms with van der Waals surface area (Å²) in [5.74, 6) is 1.78. The van der Waals surface area contributed by atoms with E-state index < -0.39 is 0 Å². The molecule has 1 aromatic heterocycles. The molecule has 0 spiro atoms. The van der Waals surface area contributed by atoms with E-state index in [-0.39, 0.29) is 0 Å². The molecule has 2 aromatic rings. The molecule has 0 aliphatic rings. The maximum Gasteiger partial charge on any atom is 0.122 e. The number of hydrogen-bond donors (Lipinski definition) is 2. The zero-order chi connectivity index (χ0) is 13.7. The number of aryl methyl sites for hydroxylation is 1. The second kappa shape index (κ2) is 6.18. The fourth-order valence-corrected chi connectivity index (χ4v) is 1.99. The first-order valence-electron chi connectivity index (χ1n) is 6.41. The molecule has 1 heterocycles. The van der Waals surface area contributed by atoms with E-state index in [1.165, 1.54) is 0 Å². The summed E-state index contributed by atoms with van der Waals surface area (Å²) in [5.41, 5.74) is 7.50. The Morgan fingerprint density at radius 3 is 2.89 bits per heavy atom. The number of methoxy groups -OCH3 is 1. The Hall–Kier alpha value is -2.10. The van der Waals surface area contributed by atoms with Crippen molar-refractivity contribution in [3.63, 3.8) is 0 Å². The molecular formula is C15H20N2O2. The lowest BCUT2D eigenvalue weighted by molar-refractivity contribution is 0.415. The molecule has 19 heavy (non-hydrogen) atoms. The second-order valence-corrected chi connectivity index (χ2v) is 4.66. The van der Waals surface area contributed by atoms with Crippen molar-refractivity contribution in [3.05, 3.63) is 42.4 Å². The van der Waals surface area contributed by atoms with Crippen LogP contribution in [0, 0.1) is 0 Å². The van der Waals surface area contributed by atoms with Crippen molar-refractivity contribution in [2.75, 3.05) is 18.2 Å². The minimum atomic E-state index is 0.330. The first-order valence-corrected chi connectivity index (χ1v) is 6.41. The summed E-state index contributed by atoms with van der Waals surface area (Å²) in [6.45, 7) is 2.14. The standard InChI is InChI=1S/C15H20N2O2/c1-11(5-6-14-4-3-7-19-14)17-13-8-12(16)9-15(10-13)18-2/h3-4,7-11,17H,5-6,16H2,1-2H3. The quantitative estimate of drug-likeness (QED) is 0.782. The minimum absolute atomic E-state index is 0.330. The van der Waals surface area contributed by atoms with E-state index in [0.717, 1.165) is 30.0 Å². The highest BCUT2D eigenvalue weighted by molar-refractivity contribution is 5.59. The predicted octanol–water partition coefficient (Wildman–Crippen LogP) is 3.30. The molecule has 0 saturated heterocycles. The molecule has 4 heteroatoms. The molecule has 0 aliphatic heterocycles. The third kappa shape index (κ3) is 3.95. The number of nitrogens with one attached hydrogen (secondary N) is 1. The lowest BCUT2D eigenvalue weighted by Crippen LogP contribution is -2.16. The third-order valence-electron chi connectivity index (χ3n) is 2.98. The van der Waals surface area contributed by atoms with Gasteiger partial charge >= 0.3 is 0 Å². The maximum atomic E-state index is 5.83. The van der Waals surface area contributed by atoms with Crippen molar-refractivity contribution >= 4 is 11.4 Å². The lowest BCUT2D eigenvalue weighted by Gasteiger charge is -2.16. The van der Waals surface area contributed by atoms with E-state index >= 15 is 0 Å². The van der Waals surface area contributed by atoms with Crippen LogP contribution in [0.1, 0.15) is 19.1 Å². The van der Waals surface area contributed by atoms with Crippen molar-refractivity contribution in [1.29, 1.82) is 0 Å². The van der Waals surface area contributed by atoms with Gasteiger partial charge in [0.25, 0.3) is 0 Å². The van der Waals surface area contributed by atoms with Crippen molar-refractivity contribution in [2.45, 2.75) is 25.8 Å². The number of hydrogen-bond acceptors (Lipinski definition) is 4. The molecule has 0 bridgehead atoms. The fraction of sp³-hybridized carbons (Fsp3) is 0.333. The topological polar surface area (TPSA) is 60.4 Å². The molecule has 0 aliphatic carbocycles. The number of anilines is 2. The van der Waals surface area contributed by atoms with E-state index in [1.54, 1.807) is 19.4 Å². The predicted molar refractivity (Wildman–Crippen MR) is 77.5 cm³/mol. The molecule has 1 aromatic carbocycles. The van der Waals surface area contributed by atoms with Crippen molar-refractivity contribution in [1.82, 2.24) is 0 Å². The number of furan rings is 1. The number of nitrogens with two attached hydrogens (primary N) is 1. The Bertz CT molecular complexity index is 509. The van der Waals surface area contributed by atoms with E-state index in [1.807, 2.05) is 24.3 Å². The highest BCUT2D eigenvalue weighted by atomic mass is 16.5. The highest BCUT2D eigenvalue weighted by Crippen LogP contribution is 2.23. The zero-order valence-corrected chi connectivity index (χ0v) is 11.3.